The first-order chi connectivity index (χ1) is 9.63. The van der Waals surface area contributed by atoms with E-state index in [0.29, 0.717) is 6.10 Å². The van der Waals surface area contributed by atoms with Crippen molar-refractivity contribution < 1.29 is 4.74 Å². The second-order valence-corrected chi connectivity index (χ2v) is 6.80. The second-order valence-electron chi connectivity index (χ2n) is 5.03. The molecule has 104 valence electrons. The number of halogens is 2. The average molecular weight is 397 g/mol. The first-order valence-electron chi connectivity index (χ1n) is 6.60. The van der Waals surface area contributed by atoms with E-state index in [9.17, 15) is 0 Å². The zero-order valence-corrected chi connectivity index (χ0v) is 14.0. The van der Waals surface area contributed by atoms with Crippen molar-refractivity contribution >= 4 is 31.9 Å². The third-order valence-electron chi connectivity index (χ3n) is 3.36. The molecule has 4 heteroatoms. The largest absolute Gasteiger partial charge is 0.490 e. The molecule has 0 aromatic heterocycles. The SMILES string of the molecule is NC(c1ccc(OC2CC2)cc1)c1ccc(Br)cc1Br. The molecule has 1 saturated carbocycles. The topological polar surface area (TPSA) is 35.2 Å². The van der Waals surface area contributed by atoms with Gasteiger partial charge in [0.05, 0.1) is 12.1 Å². The quantitative estimate of drug-likeness (QED) is 0.805. The molecule has 0 spiro atoms. The van der Waals surface area contributed by atoms with Gasteiger partial charge < -0.3 is 10.5 Å². The minimum Gasteiger partial charge on any atom is -0.490 e. The predicted octanol–water partition coefficient (Wildman–Crippen LogP) is 4.80. The van der Waals surface area contributed by atoms with Gasteiger partial charge in [0.15, 0.2) is 0 Å². The second kappa shape index (κ2) is 5.88. The van der Waals surface area contributed by atoms with Crippen LogP contribution in [0.3, 0.4) is 0 Å². The Kier molecular flexibility index (Phi) is 4.15. The molecule has 0 amide bonds. The van der Waals surface area contributed by atoms with E-state index in [0.717, 1.165) is 25.8 Å². The van der Waals surface area contributed by atoms with Crippen molar-refractivity contribution in [2.45, 2.75) is 25.0 Å². The highest BCUT2D eigenvalue weighted by Crippen LogP contribution is 2.31. The van der Waals surface area contributed by atoms with E-state index >= 15 is 0 Å². The smallest absolute Gasteiger partial charge is 0.119 e. The third kappa shape index (κ3) is 3.25. The summed E-state index contributed by atoms with van der Waals surface area (Å²) < 4.78 is 7.80. The molecule has 0 saturated heterocycles. The number of rotatable bonds is 4. The normalized spacial score (nSPS) is 15.9. The van der Waals surface area contributed by atoms with Gasteiger partial charge >= 0.3 is 0 Å². The molecule has 3 rings (SSSR count). The van der Waals surface area contributed by atoms with Gasteiger partial charge in [0.2, 0.25) is 0 Å². The van der Waals surface area contributed by atoms with E-state index in [1.165, 1.54) is 12.8 Å². The van der Waals surface area contributed by atoms with Crippen molar-refractivity contribution in [3.8, 4) is 5.75 Å². The Morgan fingerprint density at radius 2 is 1.75 bits per heavy atom. The highest BCUT2D eigenvalue weighted by molar-refractivity contribution is 9.11. The maximum Gasteiger partial charge on any atom is 0.119 e. The Labute approximate surface area is 135 Å². The summed E-state index contributed by atoms with van der Waals surface area (Å²) in [7, 11) is 0. The van der Waals surface area contributed by atoms with E-state index in [4.69, 9.17) is 10.5 Å². The fourth-order valence-corrected chi connectivity index (χ4v) is 3.36. The van der Waals surface area contributed by atoms with Gasteiger partial charge in [-0.3, -0.25) is 0 Å². The number of benzene rings is 2. The van der Waals surface area contributed by atoms with Gasteiger partial charge in [-0.1, -0.05) is 50.1 Å². The average Bonchev–Trinajstić information content (AvgIpc) is 3.23. The molecule has 2 N–H and O–H groups in total. The van der Waals surface area contributed by atoms with E-state index in [1.807, 2.05) is 42.5 Å². The fourth-order valence-electron chi connectivity index (χ4n) is 2.07. The predicted molar refractivity (Wildman–Crippen MR) is 88.0 cm³/mol. The summed E-state index contributed by atoms with van der Waals surface area (Å²) in [6, 6.07) is 14.0. The maximum absolute atomic E-state index is 6.34. The van der Waals surface area contributed by atoms with Crippen LogP contribution < -0.4 is 10.5 Å². The third-order valence-corrected chi connectivity index (χ3v) is 4.54. The molecular formula is C16H15Br2NO. The van der Waals surface area contributed by atoms with Crippen molar-refractivity contribution in [3.05, 3.63) is 62.5 Å². The first-order valence-corrected chi connectivity index (χ1v) is 8.19. The molecule has 1 unspecified atom stereocenters. The molecule has 1 aliphatic rings. The molecule has 1 fully saturated rings. The Morgan fingerprint density at radius 1 is 1.05 bits per heavy atom. The van der Waals surface area contributed by atoms with Crippen LogP contribution in [0.2, 0.25) is 0 Å². The lowest BCUT2D eigenvalue weighted by Gasteiger charge is -2.15. The summed E-state index contributed by atoms with van der Waals surface area (Å²) >= 11 is 7.02. The standard InChI is InChI=1S/C16H15Br2NO/c17-11-3-8-14(15(18)9-11)16(19)10-1-4-12(5-2-10)20-13-6-7-13/h1-5,8-9,13,16H,6-7,19H2. The number of nitrogens with two attached hydrogens (primary N) is 1. The molecule has 2 aromatic rings. The highest BCUT2D eigenvalue weighted by atomic mass is 79.9. The Morgan fingerprint density at radius 3 is 2.35 bits per heavy atom. The van der Waals surface area contributed by atoms with Gasteiger partial charge in [0.25, 0.3) is 0 Å². The van der Waals surface area contributed by atoms with Crippen LogP contribution in [0.1, 0.15) is 30.0 Å². The summed E-state index contributed by atoms with van der Waals surface area (Å²) in [5, 5.41) is 0. The lowest BCUT2D eigenvalue weighted by Crippen LogP contribution is -2.12. The lowest BCUT2D eigenvalue weighted by atomic mass is 10.00. The van der Waals surface area contributed by atoms with Crippen LogP contribution in [0.25, 0.3) is 0 Å². The van der Waals surface area contributed by atoms with Crippen LogP contribution in [0.5, 0.6) is 5.75 Å². The molecule has 2 aromatic carbocycles. The summed E-state index contributed by atoms with van der Waals surface area (Å²) in [6.45, 7) is 0. The summed E-state index contributed by atoms with van der Waals surface area (Å²) in [6.07, 6.45) is 2.77. The summed E-state index contributed by atoms with van der Waals surface area (Å²) in [4.78, 5) is 0. The van der Waals surface area contributed by atoms with Crippen molar-refractivity contribution in [2.24, 2.45) is 5.73 Å². The zero-order chi connectivity index (χ0) is 14.1. The van der Waals surface area contributed by atoms with Crippen molar-refractivity contribution in [2.75, 3.05) is 0 Å². The van der Waals surface area contributed by atoms with Crippen LogP contribution in [0.15, 0.2) is 51.4 Å². The summed E-state index contributed by atoms with van der Waals surface area (Å²) in [5.41, 5.74) is 8.50. The van der Waals surface area contributed by atoms with Crippen molar-refractivity contribution in [1.82, 2.24) is 0 Å². The molecule has 0 bridgehead atoms. The van der Waals surface area contributed by atoms with Gasteiger partial charge in [-0.25, -0.2) is 0 Å². The minimum atomic E-state index is -0.146. The number of hydrogen-bond donors (Lipinski definition) is 1. The molecular weight excluding hydrogens is 382 g/mol. The van der Waals surface area contributed by atoms with Gasteiger partial charge in [-0.2, -0.15) is 0 Å². The number of hydrogen-bond acceptors (Lipinski definition) is 2. The van der Waals surface area contributed by atoms with E-state index < -0.39 is 0 Å². The van der Waals surface area contributed by atoms with Crippen LogP contribution >= 0.6 is 31.9 Å². The van der Waals surface area contributed by atoms with E-state index in [1.54, 1.807) is 0 Å². The molecule has 1 aliphatic carbocycles. The van der Waals surface area contributed by atoms with Crippen LogP contribution in [0.4, 0.5) is 0 Å². The Hall–Kier alpha value is -0.840. The van der Waals surface area contributed by atoms with Gasteiger partial charge in [-0.05, 0) is 48.2 Å². The zero-order valence-electron chi connectivity index (χ0n) is 10.9. The summed E-state index contributed by atoms with van der Waals surface area (Å²) in [5.74, 6) is 0.929. The molecule has 0 aliphatic heterocycles. The molecule has 2 nitrogen and oxygen atoms in total. The van der Waals surface area contributed by atoms with Crippen molar-refractivity contribution in [3.63, 3.8) is 0 Å². The highest BCUT2D eigenvalue weighted by Gasteiger charge is 2.23. The molecule has 0 heterocycles. The minimum absolute atomic E-state index is 0.146. The van der Waals surface area contributed by atoms with E-state index in [2.05, 4.69) is 31.9 Å². The fraction of sp³-hybridized carbons (Fsp3) is 0.250. The Bertz CT molecular complexity index is 608. The first kappa shape index (κ1) is 14.1. The Balaban J connectivity index is 1.80. The van der Waals surface area contributed by atoms with Crippen molar-refractivity contribution in [1.29, 1.82) is 0 Å². The van der Waals surface area contributed by atoms with E-state index in [-0.39, 0.29) is 6.04 Å². The van der Waals surface area contributed by atoms with Gasteiger partial charge in [0, 0.05) is 8.95 Å². The maximum atomic E-state index is 6.34. The monoisotopic (exact) mass is 395 g/mol. The lowest BCUT2D eigenvalue weighted by molar-refractivity contribution is 0.303. The van der Waals surface area contributed by atoms with Crippen LogP contribution in [-0.4, -0.2) is 6.10 Å². The number of ether oxygens (including phenoxy) is 1. The van der Waals surface area contributed by atoms with Gasteiger partial charge in [0.1, 0.15) is 5.75 Å². The van der Waals surface area contributed by atoms with Crippen LogP contribution in [0, 0.1) is 0 Å². The molecule has 0 radical (unpaired) electrons. The molecule has 1 atom stereocenters. The van der Waals surface area contributed by atoms with Crippen LogP contribution in [-0.2, 0) is 0 Å². The van der Waals surface area contributed by atoms with Gasteiger partial charge in [-0.15, -0.1) is 0 Å². The molecule has 20 heavy (non-hydrogen) atoms.